The number of carbonyl (C=O) groups is 2. The third-order valence-corrected chi connectivity index (χ3v) is 9.52. The van der Waals surface area contributed by atoms with Gasteiger partial charge in [-0.15, -0.1) is 0 Å². The van der Waals surface area contributed by atoms with Crippen LogP contribution in [0.2, 0.25) is 0 Å². The number of nitrogen functional groups attached to an aromatic ring is 2. The molecule has 0 aliphatic rings. The number of carbonyl (C=O) groups excluding carboxylic acids is 2. The van der Waals surface area contributed by atoms with Crippen LogP contribution in [0.4, 0.5) is 11.6 Å². The normalized spacial score (nSPS) is 11.0. The fourth-order valence-electron chi connectivity index (χ4n) is 6.24. The van der Waals surface area contributed by atoms with E-state index >= 15 is 0 Å². The first-order chi connectivity index (χ1) is 31.6. The van der Waals surface area contributed by atoms with E-state index < -0.39 is 11.9 Å². The van der Waals surface area contributed by atoms with Crippen LogP contribution in [0.5, 0.6) is 24.0 Å². The van der Waals surface area contributed by atoms with Gasteiger partial charge in [0.1, 0.15) is 13.2 Å². The number of imidazole rings is 2. The van der Waals surface area contributed by atoms with Crippen LogP contribution in [0, 0.1) is 0 Å². The summed E-state index contributed by atoms with van der Waals surface area (Å²) in [6.45, 7) is 5.97. The Morgan fingerprint density at radius 2 is 1.06 bits per heavy atom. The average molecular weight is 893 g/mol. The molecule has 0 spiro atoms. The molecule has 342 valence electrons. The monoisotopic (exact) mass is 892 g/mol. The van der Waals surface area contributed by atoms with Gasteiger partial charge in [-0.1, -0.05) is 81.3 Å². The van der Waals surface area contributed by atoms with Crippen LogP contribution >= 0.6 is 0 Å². The van der Waals surface area contributed by atoms with Gasteiger partial charge >= 0.3 is 24.0 Å². The van der Waals surface area contributed by atoms with E-state index in [9.17, 15) is 19.8 Å². The lowest BCUT2D eigenvalue weighted by atomic mass is 10.1. The number of fused-ring (bicyclic) bond motifs is 2. The summed E-state index contributed by atoms with van der Waals surface area (Å²) in [5.74, 6) is -0.777. The van der Waals surface area contributed by atoms with Crippen molar-refractivity contribution >= 4 is 45.9 Å². The lowest BCUT2D eigenvalue weighted by molar-refractivity contribution is 0.0288. The zero-order valence-electron chi connectivity index (χ0n) is 36.1. The molecule has 0 amide bonds. The molecule has 20 nitrogen and oxygen atoms in total. The molecular formula is C45H52N10O10. The predicted octanol–water partition coefficient (Wildman–Crippen LogP) is 5.21. The molecule has 0 bridgehead atoms. The molecular weight excluding hydrogens is 841 g/mol. The molecule has 0 saturated carbocycles. The van der Waals surface area contributed by atoms with E-state index in [0.717, 1.165) is 36.8 Å². The summed E-state index contributed by atoms with van der Waals surface area (Å²) in [5.41, 5.74) is 16.4. The number of aromatic hydroxyl groups is 2. The Balaban J connectivity index is 0.000000221. The smallest absolute Gasteiger partial charge is 0.338 e. The summed E-state index contributed by atoms with van der Waals surface area (Å²) >= 11 is 0. The quantitative estimate of drug-likeness (QED) is 0.0457. The largest absolute Gasteiger partial charge is 0.480 e. The molecule has 65 heavy (non-hydrogen) atoms. The number of aliphatic hydroxyl groups is 1. The third kappa shape index (κ3) is 12.8. The van der Waals surface area contributed by atoms with Crippen molar-refractivity contribution in [2.24, 2.45) is 0 Å². The molecule has 0 atom stereocenters. The van der Waals surface area contributed by atoms with Crippen molar-refractivity contribution in [2.75, 3.05) is 51.1 Å². The fraction of sp³-hybridized carbons (Fsp3) is 0.333. The predicted molar refractivity (Wildman–Crippen MR) is 238 cm³/mol. The van der Waals surface area contributed by atoms with E-state index in [0.29, 0.717) is 54.4 Å². The maximum atomic E-state index is 12.5. The molecule has 20 heteroatoms. The standard InChI is InChI=1S/C26H29N5O5.C19H23N5O5/c1-2-3-12-36-25-29-22(27)21-23(30-25)31(26(33)28-21)16-19-10-7-11-20(15-19)24(32)35-14-13-34-17-18-8-5-4-6-9-18;1-2-3-8-29-18-22-15(20)14-16(23-18)24(19(27)21-14)11-12-5-4-6-13(10-12)17(26)28-9-7-25/h4-11,15H,2-3,12-14,16-17H2,1H3,(H,28,33)(H2,27,29,30);4-6,10,25H,2-3,7-9,11H2,1H3,(H,21,27)(H2,20,22,23). The minimum absolute atomic E-state index is 0.0764. The summed E-state index contributed by atoms with van der Waals surface area (Å²) < 4.78 is 29.9. The van der Waals surface area contributed by atoms with Gasteiger partial charge in [0.25, 0.3) is 12.0 Å². The first-order valence-corrected chi connectivity index (χ1v) is 21.0. The number of nitrogens with two attached hydrogens (primary N) is 2. The Morgan fingerprint density at radius 1 is 0.585 bits per heavy atom. The zero-order valence-corrected chi connectivity index (χ0v) is 36.1. The molecule has 4 aromatic heterocycles. The molecule has 0 unspecified atom stereocenters. The number of benzene rings is 3. The highest BCUT2D eigenvalue weighted by molar-refractivity contribution is 5.90. The van der Waals surface area contributed by atoms with Gasteiger partial charge < -0.3 is 50.5 Å². The van der Waals surface area contributed by atoms with Gasteiger partial charge in [0.2, 0.25) is 0 Å². The van der Waals surface area contributed by atoms with Gasteiger partial charge in [-0.3, -0.25) is 9.13 Å². The van der Waals surface area contributed by atoms with Crippen LogP contribution in [0.3, 0.4) is 0 Å². The molecule has 0 radical (unpaired) electrons. The maximum absolute atomic E-state index is 12.5. The van der Waals surface area contributed by atoms with Gasteiger partial charge in [0.05, 0.1) is 57.3 Å². The number of unbranched alkanes of at least 4 members (excludes halogenated alkanes) is 2. The van der Waals surface area contributed by atoms with Crippen LogP contribution in [0.15, 0.2) is 78.9 Å². The number of hydrogen-bond donors (Lipinski definition) is 5. The van der Waals surface area contributed by atoms with Gasteiger partial charge in [-0.2, -0.15) is 29.9 Å². The lowest BCUT2D eigenvalue weighted by Gasteiger charge is -2.09. The van der Waals surface area contributed by atoms with Crippen molar-refractivity contribution in [3.63, 3.8) is 0 Å². The highest BCUT2D eigenvalue weighted by Gasteiger charge is 2.20. The highest BCUT2D eigenvalue weighted by atomic mass is 16.6. The number of nitrogens with zero attached hydrogens (tertiary/aromatic N) is 8. The molecule has 7 N–H and O–H groups in total. The van der Waals surface area contributed by atoms with Crippen molar-refractivity contribution in [2.45, 2.75) is 59.2 Å². The number of hydrogen-bond acceptors (Lipinski definition) is 18. The Hall–Kier alpha value is -7.58. The molecule has 3 aromatic carbocycles. The van der Waals surface area contributed by atoms with Crippen molar-refractivity contribution in [1.29, 1.82) is 0 Å². The van der Waals surface area contributed by atoms with E-state index in [-0.39, 0.29) is 79.6 Å². The Bertz CT molecular complexity index is 2670. The van der Waals surface area contributed by atoms with E-state index in [2.05, 4.69) is 36.8 Å². The number of aromatic nitrogens is 8. The second kappa shape index (κ2) is 23.2. The summed E-state index contributed by atoms with van der Waals surface area (Å²) in [4.78, 5) is 49.6. The summed E-state index contributed by atoms with van der Waals surface area (Å²) in [5, 5.41) is 29.5. The van der Waals surface area contributed by atoms with E-state index in [4.69, 9.17) is 40.3 Å². The van der Waals surface area contributed by atoms with Crippen molar-refractivity contribution in [3.05, 3.63) is 107 Å². The lowest BCUT2D eigenvalue weighted by Crippen LogP contribution is -2.11. The first kappa shape index (κ1) is 46.9. The number of esters is 2. The van der Waals surface area contributed by atoms with Gasteiger partial charge in [0, 0.05) is 0 Å². The minimum atomic E-state index is -0.543. The highest BCUT2D eigenvalue weighted by Crippen LogP contribution is 2.28. The number of aliphatic hydroxyl groups excluding tert-OH is 1. The van der Waals surface area contributed by atoms with Crippen LogP contribution < -0.4 is 20.9 Å². The van der Waals surface area contributed by atoms with Crippen molar-refractivity contribution in [3.8, 4) is 24.0 Å². The molecule has 0 fully saturated rings. The zero-order chi connectivity index (χ0) is 46.1. The average Bonchev–Trinajstić information content (AvgIpc) is 3.80. The second-order valence-corrected chi connectivity index (χ2v) is 14.5. The molecule has 7 rings (SSSR count). The number of rotatable bonds is 21. The Kier molecular flexibility index (Phi) is 16.7. The topological polar surface area (TPSA) is 280 Å². The molecule has 0 aliphatic heterocycles. The Morgan fingerprint density at radius 3 is 1.54 bits per heavy atom. The van der Waals surface area contributed by atoms with Crippen LogP contribution in [-0.4, -0.2) is 106 Å². The van der Waals surface area contributed by atoms with E-state index in [1.165, 1.54) is 9.13 Å². The summed E-state index contributed by atoms with van der Waals surface area (Å²) in [7, 11) is 0. The maximum Gasteiger partial charge on any atom is 0.338 e. The summed E-state index contributed by atoms with van der Waals surface area (Å²) in [6.07, 6.45) is 3.64. The third-order valence-electron chi connectivity index (χ3n) is 9.52. The number of anilines is 2. The summed E-state index contributed by atoms with van der Waals surface area (Å²) in [6, 6.07) is 23.1. The Labute approximate surface area is 373 Å². The van der Waals surface area contributed by atoms with Crippen molar-refractivity contribution < 1.29 is 48.6 Å². The van der Waals surface area contributed by atoms with Crippen molar-refractivity contribution in [1.82, 2.24) is 39.0 Å². The number of ether oxygens (including phenoxy) is 5. The molecule has 0 aliphatic carbocycles. The van der Waals surface area contributed by atoms with Gasteiger partial charge in [-0.05, 0) is 53.8 Å². The fourth-order valence-corrected chi connectivity index (χ4v) is 6.24. The van der Waals surface area contributed by atoms with Crippen LogP contribution in [0.1, 0.15) is 76.9 Å². The van der Waals surface area contributed by atoms with Crippen LogP contribution in [0.25, 0.3) is 22.3 Å². The van der Waals surface area contributed by atoms with Gasteiger partial charge in [0.15, 0.2) is 34.0 Å². The first-order valence-electron chi connectivity index (χ1n) is 21.0. The van der Waals surface area contributed by atoms with E-state index in [1.807, 2.05) is 43.3 Å². The molecule has 0 saturated heterocycles. The van der Waals surface area contributed by atoms with E-state index in [1.54, 1.807) is 42.5 Å². The minimum Gasteiger partial charge on any atom is -0.480 e. The molecule has 7 aromatic rings. The van der Waals surface area contributed by atoms with Gasteiger partial charge in [-0.25, -0.2) is 9.59 Å². The SMILES string of the molecule is CCCCOc1nc(N)c2nc(O)n(Cc3cccc(C(=O)OCCO)c3)c2n1.CCCCOc1nc(N)c2nc(O)n(Cc3cccc(C(=O)OCCOCc4ccccc4)c3)c2n1. The molecule has 4 heterocycles. The van der Waals surface area contributed by atoms with Crippen LogP contribution in [-0.2, 0) is 33.9 Å². The second-order valence-electron chi connectivity index (χ2n) is 14.5.